The molecular weight excluding hydrogens is 259 g/mol. The smallest absolute Gasteiger partial charge is 0.254 e. The van der Waals surface area contributed by atoms with Gasteiger partial charge in [0, 0.05) is 25.2 Å². The summed E-state index contributed by atoms with van der Waals surface area (Å²) in [5.74, 6) is -0.467. The predicted molar refractivity (Wildman–Crippen MR) is 73.1 cm³/mol. The minimum Gasteiger partial charge on any atom is -0.375 e. The van der Waals surface area contributed by atoms with Crippen molar-refractivity contribution in [2.75, 3.05) is 33.3 Å². The highest BCUT2D eigenvalue weighted by Gasteiger charge is 2.37. The van der Waals surface area contributed by atoms with Crippen LogP contribution in [0.2, 0.25) is 0 Å². The number of likely N-dealkylation sites (tertiary alicyclic amines) is 1. The number of benzene rings is 1. The summed E-state index contributed by atoms with van der Waals surface area (Å²) in [6.07, 6.45) is 1.06. The van der Waals surface area contributed by atoms with Gasteiger partial charge in [0.25, 0.3) is 5.91 Å². The number of carbonyl (C=O) groups excluding carboxylic acids is 1. The summed E-state index contributed by atoms with van der Waals surface area (Å²) in [6.45, 7) is 2.97. The van der Waals surface area contributed by atoms with E-state index in [-0.39, 0.29) is 23.9 Å². The van der Waals surface area contributed by atoms with Crippen molar-refractivity contribution in [3.8, 4) is 0 Å². The quantitative estimate of drug-likeness (QED) is 0.778. The van der Waals surface area contributed by atoms with Gasteiger partial charge in [0.15, 0.2) is 0 Å². The van der Waals surface area contributed by atoms with E-state index in [1.54, 1.807) is 17.0 Å². The molecule has 0 bridgehead atoms. The Morgan fingerprint density at radius 2 is 2.25 bits per heavy atom. The van der Waals surface area contributed by atoms with Gasteiger partial charge in [-0.2, -0.15) is 0 Å². The molecule has 2 fully saturated rings. The van der Waals surface area contributed by atoms with Gasteiger partial charge >= 0.3 is 0 Å². The van der Waals surface area contributed by atoms with Crippen LogP contribution in [-0.4, -0.2) is 61.1 Å². The van der Waals surface area contributed by atoms with Crippen molar-refractivity contribution in [2.24, 2.45) is 0 Å². The average Bonchev–Trinajstić information content (AvgIpc) is 2.47. The molecule has 20 heavy (non-hydrogen) atoms. The normalized spacial score (nSPS) is 27.2. The van der Waals surface area contributed by atoms with Crippen LogP contribution in [0.5, 0.6) is 0 Å². The molecule has 0 radical (unpaired) electrons. The molecule has 2 aliphatic heterocycles. The van der Waals surface area contributed by atoms with E-state index in [0.29, 0.717) is 18.7 Å². The molecule has 2 saturated heterocycles. The molecule has 2 atom stereocenters. The first-order chi connectivity index (χ1) is 9.65. The van der Waals surface area contributed by atoms with Crippen molar-refractivity contribution in [1.82, 2.24) is 9.80 Å². The number of rotatable bonds is 1. The van der Waals surface area contributed by atoms with Crippen molar-refractivity contribution in [2.45, 2.75) is 18.6 Å². The minimum absolute atomic E-state index is 0.0954. The molecule has 2 heterocycles. The van der Waals surface area contributed by atoms with Gasteiger partial charge in [0.2, 0.25) is 0 Å². The van der Waals surface area contributed by atoms with Crippen LogP contribution in [-0.2, 0) is 4.74 Å². The fraction of sp³-hybridized carbons (Fsp3) is 0.533. The van der Waals surface area contributed by atoms with E-state index in [9.17, 15) is 9.18 Å². The van der Waals surface area contributed by atoms with Crippen LogP contribution in [0.25, 0.3) is 0 Å². The van der Waals surface area contributed by atoms with Gasteiger partial charge in [-0.3, -0.25) is 9.69 Å². The Labute approximate surface area is 118 Å². The van der Waals surface area contributed by atoms with Gasteiger partial charge in [-0.1, -0.05) is 6.07 Å². The van der Waals surface area contributed by atoms with E-state index in [1.165, 1.54) is 12.1 Å². The second-order valence-electron chi connectivity index (χ2n) is 5.51. The summed E-state index contributed by atoms with van der Waals surface area (Å²) >= 11 is 0. The summed E-state index contributed by atoms with van der Waals surface area (Å²) in [7, 11) is 2.07. The lowest BCUT2D eigenvalue weighted by atomic mass is 9.98. The summed E-state index contributed by atoms with van der Waals surface area (Å²) in [5.41, 5.74) is 0.419. The molecule has 0 unspecified atom stereocenters. The van der Waals surface area contributed by atoms with Gasteiger partial charge in [0.1, 0.15) is 5.82 Å². The molecule has 1 aromatic carbocycles. The Bertz CT molecular complexity index is 508. The van der Waals surface area contributed by atoms with Gasteiger partial charge in [-0.05, 0) is 31.7 Å². The third-order valence-electron chi connectivity index (χ3n) is 4.22. The van der Waals surface area contributed by atoms with Crippen LogP contribution in [0.1, 0.15) is 16.8 Å². The molecule has 2 aliphatic rings. The lowest BCUT2D eigenvalue weighted by molar-refractivity contribution is -0.0893. The zero-order valence-electron chi connectivity index (χ0n) is 11.6. The van der Waals surface area contributed by atoms with Gasteiger partial charge in [-0.25, -0.2) is 4.39 Å². The summed E-state index contributed by atoms with van der Waals surface area (Å²) in [5, 5.41) is 0. The third kappa shape index (κ3) is 2.55. The number of piperidine rings is 1. The Morgan fingerprint density at radius 1 is 1.40 bits per heavy atom. The molecule has 108 valence electrons. The Morgan fingerprint density at radius 3 is 3.05 bits per heavy atom. The van der Waals surface area contributed by atoms with Crippen LogP contribution in [0.3, 0.4) is 0 Å². The number of carbonyl (C=O) groups is 1. The maximum Gasteiger partial charge on any atom is 0.254 e. The number of nitrogens with zero attached hydrogens (tertiary/aromatic N) is 2. The number of amides is 1. The Kier molecular flexibility index (Phi) is 3.72. The van der Waals surface area contributed by atoms with Crippen molar-refractivity contribution >= 4 is 5.91 Å². The average molecular weight is 278 g/mol. The molecular formula is C15H19FN2O2. The highest BCUT2D eigenvalue weighted by molar-refractivity contribution is 5.94. The van der Waals surface area contributed by atoms with Crippen molar-refractivity contribution in [3.05, 3.63) is 35.6 Å². The van der Waals surface area contributed by atoms with Crippen LogP contribution in [0.15, 0.2) is 24.3 Å². The zero-order chi connectivity index (χ0) is 14.1. The number of hydrogen-bond acceptors (Lipinski definition) is 3. The topological polar surface area (TPSA) is 32.8 Å². The van der Waals surface area contributed by atoms with E-state index in [1.807, 2.05) is 0 Å². The second-order valence-corrected chi connectivity index (χ2v) is 5.51. The molecule has 0 saturated carbocycles. The molecule has 0 spiro atoms. The third-order valence-corrected chi connectivity index (χ3v) is 4.22. The lowest BCUT2D eigenvalue weighted by Crippen LogP contribution is -2.59. The van der Waals surface area contributed by atoms with Crippen LogP contribution in [0, 0.1) is 5.82 Å². The molecule has 0 N–H and O–H groups in total. The zero-order valence-corrected chi connectivity index (χ0v) is 11.6. The molecule has 1 amide bonds. The molecule has 5 heteroatoms. The first kappa shape index (κ1) is 13.5. The maximum absolute atomic E-state index is 13.2. The monoisotopic (exact) mass is 278 g/mol. The van der Waals surface area contributed by atoms with Crippen LogP contribution in [0.4, 0.5) is 4.39 Å². The number of ether oxygens (including phenoxy) is 1. The maximum atomic E-state index is 13.2. The number of halogens is 1. The highest BCUT2D eigenvalue weighted by atomic mass is 19.1. The first-order valence-corrected chi connectivity index (χ1v) is 7.02. The standard InChI is InChI=1S/C15H19FN2O2/c1-17-7-8-20-14-5-6-18(10-13(14)17)15(19)11-3-2-4-12(16)9-11/h2-4,9,13-14H,5-8,10H2,1H3/t13-,14-/m0/s1. The van der Waals surface area contributed by atoms with Crippen LogP contribution >= 0.6 is 0 Å². The minimum atomic E-state index is -0.371. The number of fused-ring (bicyclic) bond motifs is 1. The molecule has 0 aliphatic carbocycles. The summed E-state index contributed by atoms with van der Waals surface area (Å²) in [4.78, 5) is 16.5. The Hall–Kier alpha value is -1.46. The van der Waals surface area contributed by atoms with E-state index >= 15 is 0 Å². The molecule has 0 aromatic heterocycles. The SMILES string of the molecule is CN1CCO[C@H]2CCN(C(=O)c3cccc(F)c3)C[C@@H]21. The van der Waals surface area contributed by atoms with E-state index < -0.39 is 0 Å². The number of morpholine rings is 1. The largest absolute Gasteiger partial charge is 0.375 e. The summed E-state index contributed by atoms with van der Waals surface area (Å²) in [6, 6.07) is 6.14. The van der Waals surface area contributed by atoms with Crippen LogP contribution < -0.4 is 0 Å². The fourth-order valence-electron chi connectivity index (χ4n) is 3.03. The highest BCUT2D eigenvalue weighted by Crippen LogP contribution is 2.23. The predicted octanol–water partition coefficient (Wildman–Crippen LogP) is 1.37. The van der Waals surface area contributed by atoms with Gasteiger partial charge < -0.3 is 9.64 Å². The lowest BCUT2D eigenvalue weighted by Gasteiger charge is -2.45. The fourth-order valence-corrected chi connectivity index (χ4v) is 3.03. The molecule has 3 rings (SSSR count). The summed E-state index contributed by atoms with van der Waals surface area (Å²) < 4.78 is 19.0. The number of hydrogen-bond donors (Lipinski definition) is 0. The van der Waals surface area contributed by atoms with Gasteiger partial charge in [-0.15, -0.1) is 0 Å². The Balaban J connectivity index is 1.73. The van der Waals surface area contributed by atoms with Crippen molar-refractivity contribution in [1.29, 1.82) is 0 Å². The van der Waals surface area contributed by atoms with Gasteiger partial charge in [0.05, 0.1) is 18.8 Å². The molecule has 1 aromatic rings. The first-order valence-electron chi connectivity index (χ1n) is 7.02. The van der Waals surface area contributed by atoms with Crippen molar-refractivity contribution < 1.29 is 13.9 Å². The second kappa shape index (κ2) is 5.50. The van der Waals surface area contributed by atoms with E-state index in [4.69, 9.17) is 4.74 Å². The van der Waals surface area contributed by atoms with Crippen molar-refractivity contribution in [3.63, 3.8) is 0 Å². The van der Waals surface area contributed by atoms with E-state index in [2.05, 4.69) is 11.9 Å². The van der Waals surface area contributed by atoms with E-state index in [0.717, 1.165) is 19.6 Å². The molecule has 4 nitrogen and oxygen atoms in total. The number of likely N-dealkylation sites (N-methyl/N-ethyl adjacent to an activating group) is 1.